The molecule has 3 rings (SSSR count). The Morgan fingerprint density at radius 3 is 2.64 bits per heavy atom. The number of aryl methyl sites for hydroxylation is 1. The summed E-state index contributed by atoms with van der Waals surface area (Å²) in [5.41, 5.74) is 2.24. The molecule has 3 aromatic rings. The summed E-state index contributed by atoms with van der Waals surface area (Å²) in [4.78, 5) is 16.6. The Morgan fingerprint density at radius 2 is 1.92 bits per heavy atom. The maximum absolute atomic E-state index is 12.4. The Morgan fingerprint density at radius 1 is 1.20 bits per heavy atom. The van der Waals surface area contributed by atoms with Crippen LogP contribution in [0.15, 0.2) is 48.8 Å². The summed E-state index contributed by atoms with van der Waals surface area (Å²) in [5, 5.41) is 4.87. The number of amides is 1. The first-order valence-corrected chi connectivity index (χ1v) is 7.48. The smallest absolute Gasteiger partial charge is 0.375 e. The molecule has 130 valence electrons. The number of nitrogens with one attached hydrogen (secondary N) is 2. The van der Waals surface area contributed by atoms with Gasteiger partial charge < -0.3 is 15.0 Å². The highest BCUT2D eigenvalue weighted by Gasteiger charge is 2.27. The van der Waals surface area contributed by atoms with E-state index in [1.54, 1.807) is 28.9 Å². The summed E-state index contributed by atoms with van der Waals surface area (Å²) in [6, 6.07) is 9.91. The second kappa shape index (κ2) is 6.46. The summed E-state index contributed by atoms with van der Waals surface area (Å²) in [6.45, 7) is 0.727. The van der Waals surface area contributed by atoms with Gasteiger partial charge in [0.05, 0.1) is 11.4 Å². The molecule has 0 bridgehead atoms. The van der Waals surface area contributed by atoms with Crippen molar-refractivity contribution in [3.8, 4) is 0 Å². The van der Waals surface area contributed by atoms with Crippen LogP contribution in [0.1, 0.15) is 16.1 Å². The van der Waals surface area contributed by atoms with Crippen molar-refractivity contribution in [2.45, 2.75) is 13.1 Å². The quantitative estimate of drug-likeness (QED) is 0.752. The molecule has 25 heavy (non-hydrogen) atoms. The van der Waals surface area contributed by atoms with Crippen LogP contribution in [0, 0.1) is 6.92 Å². The molecular weight excluding hydrogens is 333 g/mol. The number of aromatic nitrogens is 2. The van der Waals surface area contributed by atoms with Gasteiger partial charge in [-0.15, -0.1) is 0 Å². The fourth-order valence-corrected chi connectivity index (χ4v) is 2.32. The average Bonchev–Trinajstić information content (AvgIpc) is 2.96. The van der Waals surface area contributed by atoms with Gasteiger partial charge in [0.2, 0.25) is 0 Å². The van der Waals surface area contributed by atoms with Gasteiger partial charge in [0, 0.05) is 12.4 Å². The number of rotatable bonds is 4. The van der Waals surface area contributed by atoms with Crippen LogP contribution in [0.3, 0.4) is 0 Å². The Bertz CT molecular complexity index is 918. The lowest BCUT2D eigenvalue weighted by molar-refractivity contribution is -0.115. The third-order valence-corrected chi connectivity index (χ3v) is 3.50. The van der Waals surface area contributed by atoms with Crippen LogP contribution in [0.4, 0.5) is 24.5 Å². The van der Waals surface area contributed by atoms with Crippen LogP contribution < -0.4 is 10.6 Å². The summed E-state index contributed by atoms with van der Waals surface area (Å²) in [6.07, 6.45) is -1.00. The van der Waals surface area contributed by atoms with Gasteiger partial charge in [-0.1, -0.05) is 12.1 Å². The average molecular weight is 348 g/mol. The molecule has 1 amide bonds. The van der Waals surface area contributed by atoms with E-state index in [-0.39, 0.29) is 17.1 Å². The van der Waals surface area contributed by atoms with Crippen LogP contribution in [-0.4, -0.2) is 28.0 Å². The first-order valence-electron chi connectivity index (χ1n) is 7.48. The number of carbonyl (C=O) groups is 1. The van der Waals surface area contributed by atoms with Crippen molar-refractivity contribution in [3.05, 3.63) is 60.0 Å². The minimum absolute atomic E-state index is 0.177. The van der Waals surface area contributed by atoms with E-state index < -0.39 is 18.6 Å². The molecule has 1 aromatic carbocycles. The maximum Gasteiger partial charge on any atom is 0.405 e. The van der Waals surface area contributed by atoms with Gasteiger partial charge in [-0.05, 0) is 36.8 Å². The van der Waals surface area contributed by atoms with E-state index in [9.17, 15) is 18.0 Å². The molecule has 0 radical (unpaired) electrons. The standard InChI is InChI=1S/C17H15F3N4O/c1-11-6-7-24-9-14(22-15(24)8-11)16(25)23-13-5-3-2-4-12(13)21-10-17(18,19)20/h2-9,21H,10H2,1H3,(H,23,25). The Hall–Kier alpha value is -3.03. The number of carbonyl (C=O) groups excluding carboxylic acids is 1. The van der Waals surface area contributed by atoms with Gasteiger partial charge in [-0.3, -0.25) is 4.79 Å². The molecule has 0 fully saturated rings. The second-order valence-corrected chi connectivity index (χ2v) is 5.56. The topological polar surface area (TPSA) is 58.4 Å². The Balaban J connectivity index is 1.80. The van der Waals surface area contributed by atoms with E-state index in [2.05, 4.69) is 15.6 Å². The molecule has 0 aliphatic rings. The van der Waals surface area contributed by atoms with Crippen molar-refractivity contribution in [2.24, 2.45) is 0 Å². The zero-order valence-corrected chi connectivity index (χ0v) is 13.3. The third-order valence-electron chi connectivity index (χ3n) is 3.50. The van der Waals surface area contributed by atoms with Gasteiger partial charge in [0.15, 0.2) is 0 Å². The number of halogens is 3. The van der Waals surface area contributed by atoms with Gasteiger partial charge in [-0.25, -0.2) is 4.98 Å². The predicted molar refractivity (Wildman–Crippen MR) is 88.9 cm³/mol. The molecule has 2 N–H and O–H groups in total. The molecule has 5 nitrogen and oxygen atoms in total. The monoisotopic (exact) mass is 348 g/mol. The summed E-state index contributed by atoms with van der Waals surface area (Å²) in [5.74, 6) is -0.498. The molecule has 2 aromatic heterocycles. The SMILES string of the molecule is Cc1ccn2cc(C(=O)Nc3ccccc3NCC(F)(F)F)nc2c1. The van der Waals surface area contributed by atoms with E-state index in [1.807, 2.05) is 19.1 Å². The van der Waals surface area contributed by atoms with Crippen LogP contribution >= 0.6 is 0 Å². The highest BCUT2D eigenvalue weighted by Crippen LogP contribution is 2.24. The molecule has 0 saturated carbocycles. The summed E-state index contributed by atoms with van der Waals surface area (Å²) in [7, 11) is 0. The molecule has 8 heteroatoms. The van der Waals surface area contributed by atoms with Crippen LogP contribution in [0.2, 0.25) is 0 Å². The first-order chi connectivity index (χ1) is 11.8. The van der Waals surface area contributed by atoms with E-state index in [4.69, 9.17) is 0 Å². The number of pyridine rings is 1. The number of benzene rings is 1. The van der Waals surface area contributed by atoms with Crippen molar-refractivity contribution in [1.29, 1.82) is 0 Å². The Kier molecular flexibility index (Phi) is 4.35. The zero-order chi connectivity index (χ0) is 18.0. The third kappa shape index (κ3) is 4.09. The number of fused-ring (bicyclic) bond motifs is 1. The number of alkyl halides is 3. The number of imidazole rings is 1. The first kappa shape index (κ1) is 16.8. The predicted octanol–water partition coefficient (Wildman–Crippen LogP) is 3.87. The number of nitrogens with zero attached hydrogens (tertiary/aromatic N) is 2. The molecule has 0 saturated heterocycles. The van der Waals surface area contributed by atoms with Gasteiger partial charge in [0.1, 0.15) is 17.9 Å². The minimum atomic E-state index is -4.35. The van der Waals surface area contributed by atoms with Gasteiger partial charge >= 0.3 is 6.18 Å². The fourth-order valence-electron chi connectivity index (χ4n) is 2.32. The molecule has 0 atom stereocenters. The van der Waals surface area contributed by atoms with Gasteiger partial charge in [0.25, 0.3) is 5.91 Å². The lowest BCUT2D eigenvalue weighted by Gasteiger charge is -2.13. The van der Waals surface area contributed by atoms with E-state index in [1.165, 1.54) is 12.1 Å². The van der Waals surface area contributed by atoms with Crippen molar-refractivity contribution < 1.29 is 18.0 Å². The second-order valence-electron chi connectivity index (χ2n) is 5.56. The maximum atomic E-state index is 12.4. The van der Waals surface area contributed by atoms with Crippen molar-refractivity contribution in [3.63, 3.8) is 0 Å². The van der Waals surface area contributed by atoms with Crippen molar-refractivity contribution in [1.82, 2.24) is 9.38 Å². The van der Waals surface area contributed by atoms with Crippen molar-refractivity contribution >= 4 is 22.9 Å². The molecular formula is C17H15F3N4O. The largest absolute Gasteiger partial charge is 0.405 e. The lowest BCUT2D eigenvalue weighted by atomic mass is 10.2. The molecule has 0 aliphatic carbocycles. The molecule has 0 unspecified atom stereocenters. The van der Waals surface area contributed by atoms with E-state index in [0.717, 1.165) is 5.56 Å². The zero-order valence-electron chi connectivity index (χ0n) is 13.3. The Labute approximate surface area is 141 Å². The molecule has 0 spiro atoms. The number of anilines is 2. The summed E-state index contributed by atoms with van der Waals surface area (Å²) < 4.78 is 38.9. The minimum Gasteiger partial charge on any atom is -0.375 e. The highest BCUT2D eigenvalue weighted by atomic mass is 19.4. The number of hydrogen-bond acceptors (Lipinski definition) is 3. The van der Waals surface area contributed by atoms with Crippen LogP contribution in [0.25, 0.3) is 5.65 Å². The van der Waals surface area contributed by atoms with Crippen molar-refractivity contribution in [2.75, 3.05) is 17.2 Å². The van der Waals surface area contributed by atoms with Gasteiger partial charge in [-0.2, -0.15) is 13.2 Å². The number of hydrogen-bond donors (Lipinski definition) is 2. The normalized spacial score (nSPS) is 11.5. The van der Waals surface area contributed by atoms with E-state index in [0.29, 0.717) is 5.65 Å². The highest BCUT2D eigenvalue weighted by molar-refractivity contribution is 6.04. The fraction of sp³-hybridized carbons (Fsp3) is 0.176. The summed E-state index contributed by atoms with van der Waals surface area (Å²) >= 11 is 0. The lowest BCUT2D eigenvalue weighted by Crippen LogP contribution is -2.22. The molecule has 2 heterocycles. The molecule has 0 aliphatic heterocycles. The van der Waals surface area contributed by atoms with Crippen LogP contribution in [-0.2, 0) is 0 Å². The number of para-hydroxylation sites is 2. The van der Waals surface area contributed by atoms with Crippen LogP contribution in [0.5, 0.6) is 0 Å². The van der Waals surface area contributed by atoms with E-state index >= 15 is 0 Å².